The maximum atomic E-state index is 12.1. The highest BCUT2D eigenvalue weighted by Gasteiger charge is 2.37. The van der Waals surface area contributed by atoms with Crippen molar-refractivity contribution in [1.29, 1.82) is 0 Å². The molecule has 0 bridgehead atoms. The van der Waals surface area contributed by atoms with Gasteiger partial charge in [-0.15, -0.1) is 0 Å². The van der Waals surface area contributed by atoms with E-state index in [9.17, 15) is 52.7 Å². The summed E-state index contributed by atoms with van der Waals surface area (Å²) in [5.41, 5.74) is 8.43. The van der Waals surface area contributed by atoms with Gasteiger partial charge in [-0.3, -0.25) is 0 Å². The molecule has 7 aliphatic heterocycles. The molecule has 8 heterocycles. The van der Waals surface area contributed by atoms with Crippen molar-refractivity contribution in [3.8, 4) is 0 Å². The quantitative estimate of drug-likeness (QED) is 0.0644. The van der Waals surface area contributed by atoms with Crippen LogP contribution in [0.15, 0.2) is 6.33 Å². The van der Waals surface area contributed by atoms with Gasteiger partial charge in [-0.25, -0.2) is 62.7 Å². The molecule has 15 amide bonds. The molecule has 7 saturated heterocycles. The van der Waals surface area contributed by atoms with Crippen LogP contribution < -0.4 is 118 Å². The zero-order valence-corrected chi connectivity index (χ0v) is 91.8. The average Bonchev–Trinajstić information content (AvgIpc) is 1.64. The molecule has 24 N–H and O–H groups in total. The van der Waals surface area contributed by atoms with Crippen molar-refractivity contribution in [3.63, 3.8) is 0 Å². The van der Waals surface area contributed by atoms with Crippen LogP contribution in [0.3, 0.4) is 0 Å². The van der Waals surface area contributed by atoms with E-state index >= 15 is 0 Å². The number of alkyl carbamates (subject to hydrolysis) is 7. The molecule has 5 saturated carbocycles. The Kier molecular flexibility index (Phi) is 50.8. The largest absolute Gasteiger partial charge is 0.444 e. The molecule has 0 radical (unpaired) electrons. The molecule has 6 atom stereocenters. The number of piperidine rings is 1. The number of nitrogens with two attached hydrogens (primary N) is 2. The number of likely N-dealkylation sites (tertiary alicyclic amines) is 2. The van der Waals surface area contributed by atoms with Crippen LogP contribution in [0.4, 0.5) is 64.6 Å². The Labute approximate surface area is 868 Å². The molecular formula is C101H189N27O18. The van der Waals surface area contributed by atoms with Crippen LogP contribution in [0.2, 0.25) is 0 Å². The smallest absolute Gasteiger partial charge is 0.407 e. The predicted molar refractivity (Wildman–Crippen MR) is 563 cm³/mol. The van der Waals surface area contributed by atoms with Crippen LogP contribution in [-0.4, -0.2) is 325 Å². The van der Waals surface area contributed by atoms with Crippen molar-refractivity contribution in [3.05, 3.63) is 6.33 Å². The maximum Gasteiger partial charge on any atom is 0.407 e. The van der Waals surface area contributed by atoms with E-state index in [4.69, 9.17) is 44.6 Å². The summed E-state index contributed by atoms with van der Waals surface area (Å²) in [7, 11) is 0. The summed E-state index contributed by atoms with van der Waals surface area (Å²) in [6, 6.07) is 3.26. The van der Waals surface area contributed by atoms with Crippen molar-refractivity contribution in [2.75, 3.05) is 102 Å². The molecule has 146 heavy (non-hydrogen) atoms. The van der Waals surface area contributed by atoms with Crippen molar-refractivity contribution in [1.82, 2.24) is 120 Å². The van der Waals surface area contributed by atoms with Crippen LogP contribution in [0.5, 0.6) is 0 Å². The van der Waals surface area contributed by atoms with Gasteiger partial charge in [-0.1, -0.05) is 0 Å². The second-order valence-electron chi connectivity index (χ2n) is 47.6. The van der Waals surface area contributed by atoms with Crippen LogP contribution in [0.25, 0.3) is 0 Å². The number of urea groups is 4. The summed E-state index contributed by atoms with van der Waals surface area (Å²) in [6.45, 7) is 50.6. The van der Waals surface area contributed by atoms with Crippen LogP contribution in [0, 0.1) is 0 Å². The molecular weight excluding hydrogens is 1880 g/mol. The maximum absolute atomic E-state index is 12.1. The highest BCUT2D eigenvalue weighted by molar-refractivity contribution is 5.77. The number of hydrogen-bond donors (Lipinski definition) is 22. The number of ether oxygens (including phenoxy) is 7. The number of aromatic nitrogens is 3. The van der Waals surface area contributed by atoms with Crippen molar-refractivity contribution in [2.45, 2.75) is 467 Å². The van der Waals surface area contributed by atoms with Gasteiger partial charge < -0.3 is 161 Å². The molecule has 1 aromatic rings. The average molecular weight is 2070 g/mol. The summed E-state index contributed by atoms with van der Waals surface area (Å²) >= 11 is 0. The van der Waals surface area contributed by atoms with Crippen LogP contribution in [-0.2, 0) is 33.2 Å². The number of amides is 15. The normalized spacial score (nSPS) is 26.4. The first-order chi connectivity index (χ1) is 68.4. The van der Waals surface area contributed by atoms with Gasteiger partial charge in [0.2, 0.25) is 11.9 Å². The highest BCUT2D eigenvalue weighted by Crippen LogP contribution is 2.27. The fourth-order valence-corrected chi connectivity index (χ4v) is 18.3. The Bertz CT molecular complexity index is 4060. The molecule has 12 aliphatic rings. The topological polar surface area (TPSA) is 590 Å². The van der Waals surface area contributed by atoms with Gasteiger partial charge in [0.15, 0.2) is 0 Å². The van der Waals surface area contributed by atoms with Gasteiger partial charge in [0, 0.05) is 156 Å². The molecule has 1 aromatic heterocycles. The molecule has 45 heteroatoms. The van der Waals surface area contributed by atoms with Gasteiger partial charge in [0.05, 0.1) is 6.04 Å². The van der Waals surface area contributed by atoms with Crippen LogP contribution >= 0.6 is 0 Å². The molecule has 45 nitrogen and oxygen atoms in total. The van der Waals surface area contributed by atoms with E-state index < -0.39 is 45.3 Å². The summed E-state index contributed by atoms with van der Waals surface area (Å²) in [6.07, 6.45) is 24.7. The minimum atomic E-state index is -0.505. The number of anilines is 2. The number of carbonyl (C=O) groups is 11. The number of hydrogen-bond acceptors (Lipinski definition) is 30. The third-order valence-electron chi connectivity index (χ3n) is 25.6. The highest BCUT2D eigenvalue weighted by atomic mass is 16.6. The molecule has 0 unspecified atom stereocenters. The summed E-state index contributed by atoms with van der Waals surface area (Å²) in [4.78, 5) is 146. The Morgan fingerprint density at radius 1 is 0.253 bits per heavy atom. The van der Waals surface area contributed by atoms with Crippen molar-refractivity contribution in [2.24, 2.45) is 11.5 Å². The molecule has 13 rings (SSSR count). The van der Waals surface area contributed by atoms with Gasteiger partial charge >= 0.3 is 66.8 Å². The summed E-state index contributed by atoms with van der Waals surface area (Å²) in [5.74, 6) is 1.21. The first kappa shape index (κ1) is 123. The Balaban J connectivity index is 0.000000233. The molecule has 0 aromatic carbocycles. The van der Waals surface area contributed by atoms with Gasteiger partial charge in [-0.2, -0.15) is 4.98 Å². The molecule has 836 valence electrons. The Hall–Kier alpha value is -9.70. The van der Waals surface area contributed by atoms with E-state index in [-0.39, 0.29) is 145 Å². The lowest BCUT2D eigenvalue weighted by Gasteiger charge is -2.33. The third-order valence-corrected chi connectivity index (χ3v) is 25.6. The van der Waals surface area contributed by atoms with Gasteiger partial charge in [-0.05, 0) is 358 Å². The summed E-state index contributed by atoms with van der Waals surface area (Å²) in [5, 5.41) is 61.3. The van der Waals surface area contributed by atoms with E-state index in [1.165, 1.54) is 6.33 Å². The van der Waals surface area contributed by atoms with Gasteiger partial charge in [0.1, 0.15) is 45.5 Å². The number of carbonyl (C=O) groups excluding carboxylic acids is 11. The van der Waals surface area contributed by atoms with E-state index in [0.717, 1.165) is 245 Å². The van der Waals surface area contributed by atoms with E-state index in [1.807, 2.05) is 150 Å². The molecule has 5 aliphatic carbocycles. The lowest BCUT2D eigenvalue weighted by molar-refractivity contribution is 0.0473. The Morgan fingerprint density at radius 3 is 0.740 bits per heavy atom. The lowest BCUT2D eigenvalue weighted by Crippen LogP contribution is -2.52. The van der Waals surface area contributed by atoms with E-state index in [1.54, 1.807) is 4.90 Å². The van der Waals surface area contributed by atoms with E-state index in [0.29, 0.717) is 56.2 Å². The number of nitrogens with zero attached hydrogens (tertiary/aromatic N) is 5. The first-order valence-corrected chi connectivity index (χ1v) is 53.9. The Morgan fingerprint density at radius 2 is 0.459 bits per heavy atom. The number of rotatable bonds is 17. The fraction of sp³-hybridized carbons (Fsp3) is 0.861. The van der Waals surface area contributed by atoms with Crippen molar-refractivity contribution >= 4 is 78.7 Å². The fourth-order valence-electron chi connectivity index (χ4n) is 18.3. The number of nitrogens with one attached hydrogen (secondary N) is 20. The minimum Gasteiger partial charge on any atom is -0.444 e. The van der Waals surface area contributed by atoms with E-state index in [2.05, 4.69) is 121 Å². The zero-order valence-electron chi connectivity index (χ0n) is 91.8. The SMILES string of the molecule is CC(C)(C)OC(=O)NC1CCC(N)CC1.CC(C)(C)OC(=O)NC1CCC(NC(=O)NC2CCC(N)CC2)CC1.CC(C)(C)OC(=O)NC1CCC(NC(=O)N[C@@H]2CCNC2)CC1.CC(C)(C)OC(=O)NC1CCC(Nc2ncnc(N[C@@H]3CCNC3)n2)CC1.CC(C)(C)OC(=O)NC1CCN(C(=O)N[C@@H]2CCNC2)CC1.CC(C)(C)OC(=O)N[C@@H]1CCN(C(=O)N[C@@H]2CCNC2)C1.CC(C)(C)OC(=O)N[C@@H]1CCNC1. The first-order valence-electron chi connectivity index (χ1n) is 53.9. The van der Waals surface area contributed by atoms with Crippen molar-refractivity contribution < 1.29 is 85.9 Å². The van der Waals surface area contributed by atoms with Gasteiger partial charge in [0.25, 0.3) is 0 Å². The third kappa shape index (κ3) is 55.5. The molecule has 0 spiro atoms. The lowest BCUT2D eigenvalue weighted by atomic mass is 9.91. The zero-order chi connectivity index (χ0) is 108. The predicted octanol–water partition coefficient (Wildman–Crippen LogP) is 10.1. The minimum absolute atomic E-state index is 0.00409. The second-order valence-corrected chi connectivity index (χ2v) is 47.6. The standard InChI is InChI=1S/C18H31N7O2.C18H34N4O3.C16H30N4O3.C15H28N4O3.C14H26N4O3.C11H22N2O2.C9H18N2O2/c1-18(2,3)27-17(26)24-13-6-4-12(5-7-13)22-15-20-11-21-16(25-15)23-14-8-9-19-10-14;1-18(2,3)25-17(24)22-15-10-8-14(9-11-15)21-16(23)20-13-6-4-12(19)5-7-13;1-16(2,3)23-15(22)20-12-6-4-11(5-7-12)18-14(21)19-13-8-9-17-10-13;1-15(2,3)22-14(21)18-11-5-8-19(9-6-11)13(20)17-12-4-7-16-10-12;1-14(2,3)21-13(20)17-11-5-7-18(9-11)12(19)16-10-4-6-15-8-10;1-11(2,3)15-10(14)13-9-6-4-8(12)5-7-9;1-9(2,3)13-8(12)11-7-4-5-10-6-7/h11-14,19H,4-10H2,1-3H3,(H,24,26)(H2,20,21,22,23,25);12-15H,4-11,19H2,1-3H3,(H,22,24)(H2,20,21,23);11-13,17H,4-10H2,1-3H3,(H,20,22)(H2,18,19,21);11-12,16H,4-10H2,1-3H3,(H,17,20)(H,18,21);10-11,15H,4-9H2,1-3H3,(H,16,19)(H,17,20);8-9H,4-7,12H2,1-3H3,(H,13,14);7,10H,4-6H2,1-3H3,(H,11,12)/t12?,13?,14-;;11?,12?,13-;12-;10-,11-;;7-/m1.111.1/s1. The summed E-state index contributed by atoms with van der Waals surface area (Å²) < 4.78 is 36.7. The monoisotopic (exact) mass is 2070 g/mol. The second kappa shape index (κ2) is 60.2. The van der Waals surface area contributed by atoms with Crippen LogP contribution in [0.1, 0.15) is 325 Å². The molecule has 12 fully saturated rings.